The molecule has 0 amide bonds. The summed E-state index contributed by atoms with van der Waals surface area (Å²) in [5, 5.41) is 0. The number of quaternary nitrogens is 1. The number of ether oxygens (including phenoxy) is 2. The van der Waals surface area contributed by atoms with Gasteiger partial charge in [-0.05, 0) is 30.5 Å². The molecule has 1 aromatic carbocycles. The molecule has 0 spiro atoms. The van der Waals surface area contributed by atoms with Gasteiger partial charge in [0.1, 0.15) is 31.6 Å². The molecular weight excluding hydrogens is 473 g/mol. The van der Waals surface area contributed by atoms with E-state index in [1.54, 1.807) is 7.11 Å². The summed E-state index contributed by atoms with van der Waals surface area (Å²) in [4.78, 5) is 9.91. The van der Waals surface area contributed by atoms with Gasteiger partial charge in [0, 0.05) is 7.11 Å². The molecule has 0 aliphatic carbocycles. The molecule has 2 unspecified atom stereocenters. The molecule has 1 aromatic rings. The Kier molecular flexibility index (Phi) is 19.6. The Morgan fingerprint density at radius 2 is 1.33 bits per heavy atom. The zero-order chi connectivity index (χ0) is 26.5. The second-order valence-electron chi connectivity index (χ2n) is 10.8. The fraction of sp³-hybridized carbons (Fsp3) is 0.793. The molecule has 0 saturated heterocycles. The maximum absolute atomic E-state index is 9.91. The van der Waals surface area contributed by atoms with Crippen LogP contribution in [0.1, 0.15) is 89.5 Å². The molecule has 1 N–H and O–H groups in total. The Morgan fingerprint density at radius 3 is 1.86 bits per heavy atom. The Bertz CT molecular complexity index is 623. The lowest BCUT2D eigenvalue weighted by molar-refractivity contribution is -0.870. The van der Waals surface area contributed by atoms with Crippen LogP contribution in [0.5, 0.6) is 5.75 Å². The quantitative estimate of drug-likeness (QED) is 0.0868. The van der Waals surface area contributed by atoms with Crippen LogP contribution in [0.3, 0.4) is 0 Å². The summed E-state index contributed by atoms with van der Waals surface area (Å²) in [6, 6.07) is 8.36. The van der Waals surface area contributed by atoms with Crippen LogP contribution in [0.25, 0.3) is 0 Å². The molecule has 210 valence electrons. The van der Waals surface area contributed by atoms with Crippen molar-refractivity contribution in [2.75, 3.05) is 54.6 Å². The molecular formula is C29H55NO5P+. The molecule has 0 radical (unpaired) electrons. The van der Waals surface area contributed by atoms with Gasteiger partial charge >= 0.3 is 8.60 Å². The smallest absolute Gasteiger partial charge is 0.330 e. The Balaban J connectivity index is 2.09. The summed E-state index contributed by atoms with van der Waals surface area (Å²) in [7, 11) is 5.95. The minimum absolute atomic E-state index is 0.222. The van der Waals surface area contributed by atoms with E-state index >= 15 is 0 Å². The van der Waals surface area contributed by atoms with E-state index in [1.165, 1.54) is 82.6 Å². The van der Waals surface area contributed by atoms with Gasteiger partial charge in [-0.2, -0.15) is 0 Å². The minimum atomic E-state index is -1.90. The number of methoxy groups -OCH3 is 1. The SMILES string of the molecule is CCCCCCCCCCCCCCc1ccc(OCC(COP(O)OCC[N+](C)(C)C)OC)cc1. The monoisotopic (exact) mass is 528 g/mol. The first-order chi connectivity index (χ1) is 17.3. The first-order valence-corrected chi connectivity index (χ1v) is 15.3. The van der Waals surface area contributed by atoms with Gasteiger partial charge in [0.25, 0.3) is 0 Å². The number of hydrogen-bond acceptors (Lipinski definition) is 5. The van der Waals surface area contributed by atoms with Gasteiger partial charge in [-0.1, -0.05) is 89.7 Å². The van der Waals surface area contributed by atoms with Crippen LogP contribution in [0.2, 0.25) is 0 Å². The average Bonchev–Trinajstić information content (AvgIpc) is 2.85. The van der Waals surface area contributed by atoms with Crippen molar-refractivity contribution in [3.8, 4) is 5.75 Å². The Hall–Kier alpha value is -0.750. The highest BCUT2D eigenvalue weighted by Gasteiger charge is 2.16. The summed E-state index contributed by atoms with van der Waals surface area (Å²) >= 11 is 0. The maximum Gasteiger partial charge on any atom is 0.330 e. The summed E-state index contributed by atoms with van der Waals surface area (Å²) in [5.41, 5.74) is 1.36. The van der Waals surface area contributed by atoms with Gasteiger partial charge in [-0.25, -0.2) is 0 Å². The normalized spacial score (nSPS) is 13.6. The van der Waals surface area contributed by atoms with Crippen molar-refractivity contribution in [1.29, 1.82) is 0 Å². The molecule has 0 aliphatic heterocycles. The van der Waals surface area contributed by atoms with Gasteiger partial charge in [0.05, 0.1) is 27.7 Å². The van der Waals surface area contributed by atoms with E-state index in [0.717, 1.165) is 23.2 Å². The molecule has 0 aromatic heterocycles. The van der Waals surface area contributed by atoms with Gasteiger partial charge in [0.15, 0.2) is 0 Å². The predicted molar refractivity (Wildman–Crippen MR) is 151 cm³/mol. The van der Waals surface area contributed by atoms with E-state index < -0.39 is 8.60 Å². The number of rotatable bonds is 24. The number of unbranched alkanes of at least 4 members (excludes halogenated alkanes) is 11. The molecule has 36 heavy (non-hydrogen) atoms. The zero-order valence-corrected chi connectivity index (χ0v) is 24.8. The van der Waals surface area contributed by atoms with Gasteiger partial charge in [-0.15, -0.1) is 0 Å². The predicted octanol–water partition coefficient (Wildman–Crippen LogP) is 7.28. The van der Waals surface area contributed by atoms with Crippen LogP contribution < -0.4 is 4.74 Å². The number of benzene rings is 1. The van der Waals surface area contributed by atoms with Crippen LogP contribution in [0.4, 0.5) is 0 Å². The van der Waals surface area contributed by atoms with Crippen molar-refractivity contribution < 1.29 is 27.9 Å². The molecule has 2 atom stereocenters. The van der Waals surface area contributed by atoms with Crippen LogP contribution in [-0.4, -0.2) is 70.1 Å². The molecule has 0 fully saturated rings. The second kappa shape index (κ2) is 21.2. The van der Waals surface area contributed by atoms with Crippen molar-refractivity contribution in [3.63, 3.8) is 0 Å². The highest BCUT2D eigenvalue weighted by molar-refractivity contribution is 7.40. The fourth-order valence-electron chi connectivity index (χ4n) is 3.87. The number of aryl methyl sites for hydroxylation is 1. The van der Waals surface area contributed by atoms with Crippen molar-refractivity contribution in [3.05, 3.63) is 29.8 Å². The lowest BCUT2D eigenvalue weighted by Gasteiger charge is -2.24. The van der Waals surface area contributed by atoms with Gasteiger partial charge in [0.2, 0.25) is 0 Å². The highest BCUT2D eigenvalue weighted by Crippen LogP contribution is 2.32. The molecule has 6 nitrogen and oxygen atoms in total. The number of hydrogen-bond donors (Lipinski definition) is 1. The molecule has 0 saturated carbocycles. The number of likely N-dealkylation sites (N-methyl/N-ethyl adjacent to an activating group) is 1. The molecule has 0 bridgehead atoms. The van der Waals surface area contributed by atoms with Gasteiger partial charge < -0.3 is 27.9 Å². The summed E-state index contributed by atoms with van der Waals surface area (Å²) in [6.45, 7) is 4.11. The summed E-state index contributed by atoms with van der Waals surface area (Å²) < 4.78 is 22.8. The molecule has 7 heteroatoms. The maximum atomic E-state index is 9.91. The third kappa shape index (κ3) is 19.4. The number of nitrogens with zero attached hydrogens (tertiary/aromatic N) is 1. The first-order valence-electron chi connectivity index (χ1n) is 14.1. The van der Waals surface area contributed by atoms with Gasteiger partial charge in [-0.3, -0.25) is 0 Å². The van der Waals surface area contributed by atoms with E-state index in [2.05, 4.69) is 40.2 Å². The van der Waals surface area contributed by atoms with Crippen LogP contribution >= 0.6 is 8.60 Å². The highest BCUT2D eigenvalue weighted by atomic mass is 31.2. The largest absolute Gasteiger partial charge is 0.491 e. The van der Waals surface area contributed by atoms with Crippen LogP contribution in [0, 0.1) is 0 Å². The topological polar surface area (TPSA) is 57.2 Å². The average molecular weight is 529 g/mol. The first kappa shape index (κ1) is 33.3. The lowest BCUT2D eigenvalue weighted by Crippen LogP contribution is -2.37. The van der Waals surface area contributed by atoms with E-state index in [1.807, 2.05) is 12.1 Å². The molecule has 1 rings (SSSR count). The zero-order valence-electron chi connectivity index (χ0n) is 23.9. The van der Waals surface area contributed by atoms with E-state index in [9.17, 15) is 4.89 Å². The fourth-order valence-corrected chi connectivity index (χ4v) is 4.48. The minimum Gasteiger partial charge on any atom is -0.491 e. The van der Waals surface area contributed by atoms with Crippen molar-refractivity contribution in [1.82, 2.24) is 0 Å². The molecule has 0 heterocycles. The van der Waals surface area contributed by atoms with E-state index in [-0.39, 0.29) is 12.7 Å². The van der Waals surface area contributed by atoms with Crippen LogP contribution in [-0.2, 0) is 20.2 Å². The second-order valence-corrected chi connectivity index (χ2v) is 11.8. The third-order valence-corrected chi connectivity index (χ3v) is 7.12. The van der Waals surface area contributed by atoms with Crippen molar-refractivity contribution in [2.24, 2.45) is 0 Å². The van der Waals surface area contributed by atoms with Crippen molar-refractivity contribution >= 4 is 8.60 Å². The van der Waals surface area contributed by atoms with E-state index in [4.69, 9.17) is 18.5 Å². The standard InChI is InChI=1S/C29H55NO5P/c1-6-7-8-9-10-11-12-13-14-15-16-17-18-27-19-21-28(22-20-27)33-25-29(32-5)26-35-36(31)34-24-23-30(2,3)4/h19-22,29,31H,6-18,23-26H2,1-5H3/q+1. The third-order valence-electron chi connectivity index (χ3n) is 6.35. The molecule has 0 aliphatic rings. The summed E-state index contributed by atoms with van der Waals surface area (Å²) in [5.74, 6) is 0.820. The van der Waals surface area contributed by atoms with Crippen LogP contribution in [0.15, 0.2) is 24.3 Å². The van der Waals surface area contributed by atoms with Crippen molar-refractivity contribution in [2.45, 2.75) is 96.5 Å². The summed E-state index contributed by atoms with van der Waals surface area (Å²) in [6.07, 6.45) is 17.4. The Morgan fingerprint density at radius 1 is 0.778 bits per heavy atom. The van der Waals surface area contributed by atoms with E-state index in [0.29, 0.717) is 13.2 Å². The Labute approximate surface area is 223 Å². The lowest BCUT2D eigenvalue weighted by atomic mass is 10.0.